The quantitative estimate of drug-likeness (QED) is 0.584. The van der Waals surface area contributed by atoms with Crippen LogP contribution in [0.2, 0.25) is 0 Å². The molecule has 9 heteroatoms. The molecule has 0 unspecified atom stereocenters. The first kappa shape index (κ1) is 18.8. The Kier molecular flexibility index (Phi) is 5.90. The molecule has 0 saturated carbocycles. The van der Waals surface area contributed by atoms with Crippen molar-refractivity contribution in [2.75, 3.05) is 25.4 Å². The van der Waals surface area contributed by atoms with Gasteiger partial charge in [-0.3, -0.25) is 14.5 Å². The first-order chi connectivity index (χ1) is 12.5. The maximum atomic E-state index is 12.2. The Bertz CT molecular complexity index is 877. The van der Waals surface area contributed by atoms with Gasteiger partial charge in [-0.15, -0.1) is 11.3 Å². The number of nitrogens with one attached hydrogen (secondary N) is 1. The number of aryl methyl sites for hydroxylation is 1. The van der Waals surface area contributed by atoms with E-state index in [-0.39, 0.29) is 19.1 Å². The second kappa shape index (κ2) is 8.15. The largest absolute Gasteiger partial charge is 0.451 e. The van der Waals surface area contributed by atoms with Crippen molar-refractivity contribution in [2.24, 2.45) is 0 Å². The molecule has 1 aromatic carbocycles. The van der Waals surface area contributed by atoms with Gasteiger partial charge in [0.1, 0.15) is 9.20 Å². The Labute approximate surface area is 163 Å². The van der Waals surface area contributed by atoms with Gasteiger partial charge in [0.25, 0.3) is 5.91 Å². The molecule has 6 nitrogen and oxygen atoms in total. The molecule has 0 spiro atoms. The lowest BCUT2D eigenvalue weighted by Gasteiger charge is -2.15. The van der Waals surface area contributed by atoms with Crippen LogP contribution in [0.5, 0.6) is 0 Å². The topological polar surface area (TPSA) is 75.7 Å². The number of fused-ring (bicyclic) bond motifs is 1. The van der Waals surface area contributed by atoms with Crippen LogP contribution in [0.1, 0.15) is 15.2 Å². The third-order valence-electron chi connectivity index (χ3n) is 3.86. The van der Waals surface area contributed by atoms with E-state index >= 15 is 0 Å². The Hall–Kier alpha value is -1.97. The van der Waals surface area contributed by atoms with Crippen LogP contribution in [-0.4, -0.2) is 52.5 Å². The highest BCUT2D eigenvalue weighted by Gasteiger charge is 2.26. The summed E-state index contributed by atoms with van der Waals surface area (Å²) in [5.41, 5.74) is 0.856. The third kappa shape index (κ3) is 4.05. The molecule has 1 fully saturated rings. The second-order valence-corrected chi connectivity index (χ2v) is 8.24. The summed E-state index contributed by atoms with van der Waals surface area (Å²) in [4.78, 5) is 37.6. The molecular weight excluding hydrogens is 392 g/mol. The van der Waals surface area contributed by atoms with Crippen LogP contribution in [0.3, 0.4) is 0 Å². The Morgan fingerprint density at radius 2 is 2.12 bits per heavy atom. The van der Waals surface area contributed by atoms with Gasteiger partial charge in [-0.05, 0) is 23.9 Å². The molecule has 0 radical (unpaired) electrons. The average Bonchev–Trinajstić information content (AvgIpc) is 3.14. The Balaban J connectivity index is 1.48. The van der Waals surface area contributed by atoms with E-state index in [0.717, 1.165) is 15.6 Å². The lowest BCUT2D eigenvalue weighted by molar-refractivity contribution is -0.126. The van der Waals surface area contributed by atoms with E-state index in [4.69, 9.17) is 17.0 Å². The highest BCUT2D eigenvalue weighted by Crippen LogP contribution is 2.30. The fraction of sp³-hybridized carbons (Fsp3) is 0.294. The van der Waals surface area contributed by atoms with Crippen molar-refractivity contribution < 1.29 is 19.1 Å². The zero-order chi connectivity index (χ0) is 18.7. The van der Waals surface area contributed by atoms with Crippen molar-refractivity contribution in [3.05, 3.63) is 34.7 Å². The summed E-state index contributed by atoms with van der Waals surface area (Å²) in [6.07, 6.45) is 0. The average molecular weight is 409 g/mol. The monoisotopic (exact) mass is 408 g/mol. The lowest BCUT2D eigenvalue weighted by atomic mass is 10.1. The van der Waals surface area contributed by atoms with E-state index in [0.29, 0.717) is 21.5 Å². The second-order valence-electron chi connectivity index (χ2n) is 5.58. The van der Waals surface area contributed by atoms with E-state index in [2.05, 4.69) is 5.32 Å². The van der Waals surface area contributed by atoms with Crippen LogP contribution in [0.4, 0.5) is 0 Å². The number of hydrogen-bond donors (Lipinski definition) is 1. The van der Waals surface area contributed by atoms with Crippen molar-refractivity contribution in [3.8, 4) is 0 Å². The number of nitrogens with zero attached hydrogens (tertiary/aromatic N) is 1. The van der Waals surface area contributed by atoms with Gasteiger partial charge in [0.2, 0.25) is 5.91 Å². The molecule has 1 N–H and O–H groups in total. The van der Waals surface area contributed by atoms with Crippen LogP contribution in [0.25, 0.3) is 10.1 Å². The van der Waals surface area contributed by atoms with Gasteiger partial charge in [0.15, 0.2) is 6.61 Å². The molecule has 1 aromatic heterocycles. The fourth-order valence-electron chi connectivity index (χ4n) is 2.52. The molecule has 0 atom stereocenters. The minimum Gasteiger partial charge on any atom is -0.451 e. The van der Waals surface area contributed by atoms with Gasteiger partial charge in [-0.2, -0.15) is 0 Å². The van der Waals surface area contributed by atoms with Crippen LogP contribution < -0.4 is 5.32 Å². The summed E-state index contributed by atoms with van der Waals surface area (Å²) < 4.78 is 6.64. The zero-order valence-electron chi connectivity index (χ0n) is 13.9. The highest BCUT2D eigenvalue weighted by molar-refractivity contribution is 8.23. The molecule has 1 aliphatic heterocycles. The molecule has 2 heterocycles. The molecule has 2 aromatic rings. The number of carbonyl (C=O) groups is 3. The number of amides is 2. The number of thiocarbonyl (C=S) groups is 1. The van der Waals surface area contributed by atoms with Gasteiger partial charge in [-0.1, -0.05) is 42.2 Å². The molecule has 1 saturated heterocycles. The molecule has 0 aliphatic carbocycles. The predicted octanol–water partition coefficient (Wildman–Crippen LogP) is 2.34. The first-order valence-corrected chi connectivity index (χ1v) is 10.1. The first-order valence-electron chi connectivity index (χ1n) is 7.86. The van der Waals surface area contributed by atoms with Crippen LogP contribution in [-0.2, 0) is 14.3 Å². The Morgan fingerprint density at radius 3 is 2.81 bits per heavy atom. The van der Waals surface area contributed by atoms with E-state index < -0.39 is 11.9 Å². The third-order valence-corrected chi connectivity index (χ3v) is 6.55. The molecule has 0 bridgehead atoms. The summed E-state index contributed by atoms with van der Waals surface area (Å²) in [7, 11) is 0. The standard InChI is InChI=1S/C17H16N2O4S3/c1-10-11-4-2-3-5-12(11)26-15(10)16(22)23-8-13(20)18-6-7-19-14(21)9-25-17(19)24/h2-5H,6-9H2,1H3,(H,18,20). The van der Waals surface area contributed by atoms with Gasteiger partial charge in [0, 0.05) is 17.8 Å². The van der Waals surface area contributed by atoms with Crippen LogP contribution in [0, 0.1) is 6.92 Å². The number of benzene rings is 1. The molecule has 136 valence electrons. The number of ether oxygens (including phenoxy) is 1. The van der Waals surface area contributed by atoms with Crippen LogP contribution >= 0.6 is 35.3 Å². The number of rotatable bonds is 6. The number of esters is 1. The van der Waals surface area contributed by atoms with E-state index in [9.17, 15) is 14.4 Å². The maximum absolute atomic E-state index is 12.2. The van der Waals surface area contributed by atoms with Crippen LogP contribution in [0.15, 0.2) is 24.3 Å². The summed E-state index contributed by atoms with van der Waals surface area (Å²) in [6.45, 7) is 2.08. The Morgan fingerprint density at radius 1 is 1.35 bits per heavy atom. The number of thiophene rings is 1. The minimum absolute atomic E-state index is 0.0547. The maximum Gasteiger partial charge on any atom is 0.349 e. The zero-order valence-corrected chi connectivity index (χ0v) is 16.4. The van der Waals surface area contributed by atoms with E-state index in [1.807, 2.05) is 31.2 Å². The fourth-order valence-corrected chi connectivity index (χ4v) is 4.75. The SMILES string of the molecule is Cc1c(C(=O)OCC(=O)NCCN2C(=O)CSC2=S)sc2ccccc12. The normalized spacial score (nSPS) is 14.1. The summed E-state index contributed by atoms with van der Waals surface area (Å²) in [5.74, 6) is -0.631. The van der Waals surface area contributed by atoms with Crippen molar-refractivity contribution in [1.82, 2.24) is 10.2 Å². The number of hydrogen-bond acceptors (Lipinski definition) is 7. The highest BCUT2D eigenvalue weighted by atomic mass is 32.2. The van der Waals surface area contributed by atoms with Crippen molar-refractivity contribution >= 4 is 67.5 Å². The predicted molar refractivity (Wildman–Crippen MR) is 107 cm³/mol. The number of thioether (sulfide) groups is 1. The van der Waals surface area contributed by atoms with E-state index in [1.165, 1.54) is 28.0 Å². The molecule has 2 amide bonds. The van der Waals surface area contributed by atoms with Crippen molar-refractivity contribution in [3.63, 3.8) is 0 Å². The van der Waals surface area contributed by atoms with Crippen molar-refractivity contribution in [1.29, 1.82) is 0 Å². The summed E-state index contributed by atoms with van der Waals surface area (Å²) in [5, 5.41) is 3.64. The summed E-state index contributed by atoms with van der Waals surface area (Å²) in [6, 6.07) is 7.72. The molecule has 26 heavy (non-hydrogen) atoms. The minimum atomic E-state index is -0.508. The van der Waals surface area contributed by atoms with Gasteiger partial charge in [-0.25, -0.2) is 4.79 Å². The van der Waals surface area contributed by atoms with E-state index in [1.54, 1.807) is 0 Å². The smallest absolute Gasteiger partial charge is 0.349 e. The lowest BCUT2D eigenvalue weighted by Crippen LogP contribution is -2.38. The van der Waals surface area contributed by atoms with Crippen molar-refractivity contribution in [2.45, 2.75) is 6.92 Å². The van der Waals surface area contributed by atoms with Gasteiger partial charge < -0.3 is 10.1 Å². The molecule has 1 aliphatic rings. The van der Waals surface area contributed by atoms with Gasteiger partial charge >= 0.3 is 5.97 Å². The molecule has 3 rings (SSSR count). The number of carbonyl (C=O) groups excluding carboxylic acids is 3. The summed E-state index contributed by atoms with van der Waals surface area (Å²) >= 11 is 7.73. The molecular formula is C17H16N2O4S3. The van der Waals surface area contributed by atoms with Gasteiger partial charge in [0.05, 0.1) is 5.75 Å².